The number of halogens is 2. The quantitative estimate of drug-likeness (QED) is 0.0815. The van der Waals surface area contributed by atoms with Crippen molar-refractivity contribution in [3.05, 3.63) is 117 Å². The van der Waals surface area contributed by atoms with Gasteiger partial charge in [0.25, 0.3) is 0 Å². The number of anilines is 6. The largest absolute Gasteiger partial charge is 0.460 e. The Kier molecular flexibility index (Phi) is 13.4. The Morgan fingerprint density at radius 1 is 0.758 bits per heavy atom. The van der Waals surface area contributed by atoms with Gasteiger partial charge in [0.15, 0.2) is 11.6 Å². The molecule has 2 aliphatic rings. The van der Waals surface area contributed by atoms with E-state index in [-0.39, 0.29) is 38.3 Å². The molecule has 3 aromatic carbocycles. The highest BCUT2D eigenvalue weighted by molar-refractivity contribution is 6.33. The van der Waals surface area contributed by atoms with Gasteiger partial charge in [-0.05, 0) is 68.7 Å². The van der Waals surface area contributed by atoms with Crippen LogP contribution in [0.3, 0.4) is 0 Å². The van der Waals surface area contributed by atoms with E-state index in [1.165, 1.54) is 12.4 Å². The lowest BCUT2D eigenvalue weighted by Crippen LogP contribution is -2.32. The van der Waals surface area contributed by atoms with Gasteiger partial charge in [-0.25, -0.2) is 9.97 Å². The number of nitrogens with zero attached hydrogens (tertiary/aromatic N) is 6. The molecule has 0 fully saturated rings. The van der Waals surface area contributed by atoms with E-state index in [0.29, 0.717) is 40.3 Å². The molecule has 0 spiro atoms. The van der Waals surface area contributed by atoms with Crippen LogP contribution in [0, 0.1) is 34.5 Å². The maximum Gasteiger partial charge on any atom is 0.324 e. The molecule has 2 atom stereocenters. The number of hydrogen-bond donors (Lipinski definition) is 5. The van der Waals surface area contributed by atoms with Crippen LogP contribution in [0.5, 0.6) is 0 Å². The lowest BCUT2D eigenvalue weighted by molar-refractivity contribution is -0.152. The van der Waals surface area contributed by atoms with Crippen LogP contribution < -0.4 is 21.3 Å². The van der Waals surface area contributed by atoms with Crippen LogP contribution in [0.1, 0.15) is 69.4 Å². The first-order valence-electron chi connectivity index (χ1n) is 19.8. The number of carbonyl (C=O) groups excluding carboxylic acids is 1. The van der Waals surface area contributed by atoms with Gasteiger partial charge in [-0.1, -0.05) is 103 Å². The van der Waals surface area contributed by atoms with Crippen LogP contribution in [0.25, 0.3) is 0 Å². The second kappa shape index (κ2) is 18.2. The molecule has 7 N–H and O–H groups in total. The molecule has 15 heteroatoms. The second-order valence-corrected chi connectivity index (χ2v) is 17.9. The maximum absolute atomic E-state index is 12.7. The highest BCUT2D eigenvalue weighted by Gasteiger charge is 2.42. The fourth-order valence-corrected chi connectivity index (χ4v) is 7.34. The Morgan fingerprint density at radius 3 is 1.68 bits per heavy atom. The highest BCUT2D eigenvalue weighted by Crippen LogP contribution is 2.47. The molecule has 0 aliphatic carbocycles. The number of carbonyl (C=O) groups is 1. The normalized spacial score (nSPS) is 17.7. The van der Waals surface area contributed by atoms with Crippen molar-refractivity contribution in [1.29, 1.82) is 0 Å². The first-order valence-corrected chi connectivity index (χ1v) is 20.6. The Labute approximate surface area is 372 Å². The molecule has 0 saturated carbocycles. The Morgan fingerprint density at radius 2 is 1.23 bits per heavy atom. The Bertz CT molecular complexity index is 2600. The van der Waals surface area contributed by atoms with Crippen molar-refractivity contribution >= 4 is 64.1 Å². The summed E-state index contributed by atoms with van der Waals surface area (Å²) in [7, 11) is 0. The predicted molar refractivity (Wildman–Crippen MR) is 243 cm³/mol. The van der Waals surface area contributed by atoms with Crippen LogP contribution in [-0.4, -0.2) is 74.1 Å². The lowest BCUT2D eigenvalue weighted by Gasteiger charge is -2.24. The van der Waals surface area contributed by atoms with Crippen molar-refractivity contribution in [2.24, 2.45) is 10.8 Å². The number of benzene rings is 3. The highest BCUT2D eigenvalue weighted by atomic mass is 35.5. The molecule has 4 heterocycles. The molecule has 2 aromatic heterocycles. The number of nitrogen functional groups attached to an aromatic ring is 2. The molecule has 0 saturated heterocycles. The molecule has 322 valence electrons. The number of fused-ring (bicyclic) bond motifs is 2. The van der Waals surface area contributed by atoms with E-state index in [1.54, 1.807) is 13.8 Å². The van der Waals surface area contributed by atoms with Crippen LogP contribution >= 0.6 is 23.2 Å². The summed E-state index contributed by atoms with van der Waals surface area (Å²) in [4.78, 5) is 33.0. The van der Waals surface area contributed by atoms with E-state index in [0.717, 1.165) is 33.6 Å². The molecule has 13 nitrogen and oxygen atoms in total. The number of aliphatic hydroxyl groups excluding tert-OH is 3. The fourth-order valence-electron chi connectivity index (χ4n) is 6.96. The standard InChI is InChI=1S/C27H27ClN4O3.C20H23ClN4O2/c1-26(2,24(34)35-15-19-7-5-4-6-8-19)12-11-18-9-10-20-22(13-18)32(16-27(20,3)17-33)23-21(28)14-30-25(29)31-23;1-19(2,11-26)7-6-13-4-5-14-16(8-13)25(10-20(14,3)12-27)17-15(21)9-23-18(22)24-17/h4-10,13-14,33H,15-17H2,1-3H3,(H2,29,30,31);4-5,8-9,26-27H,10-12H2,1-3H3,(H2,22,23,24)/t27-;20-/m00/s1. The Hall–Kier alpha value is -5.93. The van der Waals surface area contributed by atoms with Gasteiger partial charge < -0.3 is 41.3 Å². The van der Waals surface area contributed by atoms with Crippen LogP contribution in [0.2, 0.25) is 10.0 Å². The Balaban J connectivity index is 0.000000214. The minimum atomic E-state index is -1.00. The third-order valence-corrected chi connectivity index (χ3v) is 11.3. The summed E-state index contributed by atoms with van der Waals surface area (Å²) in [6.07, 6.45) is 2.93. The van der Waals surface area contributed by atoms with E-state index < -0.39 is 27.6 Å². The zero-order valence-electron chi connectivity index (χ0n) is 35.5. The van der Waals surface area contributed by atoms with Crippen molar-refractivity contribution in [3.8, 4) is 23.7 Å². The van der Waals surface area contributed by atoms with Crippen molar-refractivity contribution in [2.75, 3.05) is 54.2 Å². The van der Waals surface area contributed by atoms with Gasteiger partial charge in [0.2, 0.25) is 11.9 Å². The average molecular weight is 878 g/mol. The third-order valence-electron chi connectivity index (χ3n) is 10.8. The molecule has 7 rings (SSSR count). The van der Waals surface area contributed by atoms with Gasteiger partial charge in [-0.2, -0.15) is 9.97 Å². The summed E-state index contributed by atoms with van der Waals surface area (Å²) in [6, 6.07) is 21.1. The molecule has 0 unspecified atom stereocenters. The van der Waals surface area contributed by atoms with E-state index in [9.17, 15) is 20.1 Å². The first-order chi connectivity index (χ1) is 29.3. The molecule has 62 heavy (non-hydrogen) atoms. The van der Waals surface area contributed by atoms with E-state index in [1.807, 2.05) is 104 Å². The summed E-state index contributed by atoms with van der Waals surface area (Å²) in [5.41, 5.74) is 15.1. The number of nitrogens with two attached hydrogens (primary N) is 2. The number of rotatable bonds is 8. The number of ether oxygens (including phenoxy) is 1. The summed E-state index contributed by atoms with van der Waals surface area (Å²) in [5.74, 6) is 13.2. The molecular formula is C47H50Cl2N8O5. The average Bonchev–Trinajstić information content (AvgIpc) is 3.73. The first kappa shape index (κ1) is 45.6. The van der Waals surface area contributed by atoms with Crippen molar-refractivity contribution in [2.45, 2.75) is 59.0 Å². The zero-order chi connectivity index (χ0) is 45.0. The molecule has 0 bridgehead atoms. The van der Waals surface area contributed by atoms with Gasteiger partial charge in [0, 0.05) is 51.8 Å². The van der Waals surface area contributed by atoms with Gasteiger partial charge in [-0.3, -0.25) is 4.79 Å². The number of aromatic nitrogens is 4. The van der Waals surface area contributed by atoms with E-state index in [2.05, 4.69) is 43.6 Å². The molecule has 0 amide bonds. The van der Waals surface area contributed by atoms with Crippen LogP contribution in [-0.2, 0) is 27.0 Å². The number of aliphatic hydroxyl groups is 3. The van der Waals surface area contributed by atoms with Crippen LogP contribution in [0.4, 0.5) is 34.9 Å². The molecule has 2 aliphatic heterocycles. The molecular weight excluding hydrogens is 827 g/mol. The summed E-state index contributed by atoms with van der Waals surface area (Å²) in [6.45, 7) is 12.3. The third kappa shape index (κ3) is 9.89. The summed E-state index contributed by atoms with van der Waals surface area (Å²) in [5, 5.41) is 30.3. The molecule has 0 radical (unpaired) electrons. The minimum Gasteiger partial charge on any atom is -0.460 e. The molecule has 5 aromatic rings. The van der Waals surface area contributed by atoms with E-state index in [4.69, 9.17) is 39.4 Å². The summed E-state index contributed by atoms with van der Waals surface area (Å²) < 4.78 is 5.48. The van der Waals surface area contributed by atoms with Crippen molar-refractivity contribution < 1.29 is 24.9 Å². The number of esters is 1. The van der Waals surface area contributed by atoms with E-state index >= 15 is 0 Å². The summed E-state index contributed by atoms with van der Waals surface area (Å²) >= 11 is 12.7. The fraction of sp³-hybridized carbons (Fsp3) is 0.340. The second-order valence-electron chi connectivity index (χ2n) is 17.1. The van der Waals surface area contributed by atoms with Gasteiger partial charge in [0.05, 0.1) is 32.2 Å². The monoisotopic (exact) mass is 876 g/mol. The van der Waals surface area contributed by atoms with Crippen molar-refractivity contribution in [3.63, 3.8) is 0 Å². The smallest absolute Gasteiger partial charge is 0.324 e. The zero-order valence-corrected chi connectivity index (χ0v) is 37.0. The van der Waals surface area contributed by atoms with Gasteiger partial charge in [-0.15, -0.1) is 0 Å². The van der Waals surface area contributed by atoms with Gasteiger partial charge in [0.1, 0.15) is 22.1 Å². The van der Waals surface area contributed by atoms with Gasteiger partial charge >= 0.3 is 5.97 Å². The predicted octanol–water partition coefficient (Wildman–Crippen LogP) is 6.72. The minimum absolute atomic E-state index is 0.0166. The van der Waals surface area contributed by atoms with Crippen molar-refractivity contribution in [1.82, 2.24) is 19.9 Å². The SMILES string of the molecule is CC(C)(C#Cc1ccc2c(c1)N(c1nc(N)ncc1Cl)C[C@@]2(C)CO)C(=O)OCc1ccccc1.CC(C)(C#Cc1ccc2c(c1)N(c1nc(N)ncc1Cl)C[C@@]2(C)CO)CO. The number of hydrogen-bond acceptors (Lipinski definition) is 13. The topological polar surface area (TPSA) is 197 Å². The van der Waals surface area contributed by atoms with Crippen LogP contribution in [0.15, 0.2) is 79.1 Å². The lowest BCUT2D eigenvalue weighted by atomic mass is 9.85. The maximum atomic E-state index is 12.7.